The van der Waals surface area contributed by atoms with Gasteiger partial charge in [-0.15, -0.1) is 0 Å². The van der Waals surface area contributed by atoms with Gasteiger partial charge >= 0.3 is 6.03 Å². The predicted molar refractivity (Wildman–Crippen MR) is 96.7 cm³/mol. The highest BCUT2D eigenvalue weighted by Gasteiger charge is 2.38. The monoisotopic (exact) mass is 366 g/mol. The van der Waals surface area contributed by atoms with Gasteiger partial charge in [0.2, 0.25) is 5.91 Å². The fraction of sp³-hybridized carbons (Fsp3) is 0.471. The second-order valence-corrected chi connectivity index (χ2v) is 6.23. The summed E-state index contributed by atoms with van der Waals surface area (Å²) in [5, 5.41) is 9.12. The minimum absolute atomic E-state index is 0.134. The van der Waals surface area contributed by atoms with Crippen molar-refractivity contribution in [3.8, 4) is 0 Å². The van der Waals surface area contributed by atoms with Crippen LogP contribution in [0.4, 0.5) is 10.5 Å². The summed E-state index contributed by atoms with van der Waals surface area (Å²) in [5.41, 5.74) is 0.459. The maximum absolute atomic E-state index is 12.4. The largest absolute Gasteiger partial charge is 0.355 e. The van der Waals surface area contributed by atoms with Crippen LogP contribution in [0.5, 0.6) is 0 Å². The van der Waals surface area contributed by atoms with Crippen molar-refractivity contribution in [1.29, 1.82) is 0 Å². The van der Waals surface area contributed by atoms with E-state index < -0.39 is 12.1 Å². The lowest BCUT2D eigenvalue weighted by molar-refractivity contribution is -0.121. The maximum atomic E-state index is 12.4. The Bertz CT molecular complexity index is 621. The number of urea groups is 1. The lowest BCUT2D eigenvalue weighted by Gasteiger charge is -2.13. The molecule has 0 bridgehead atoms. The number of amides is 4. The van der Waals surface area contributed by atoms with Gasteiger partial charge in [-0.05, 0) is 43.7 Å². The van der Waals surface area contributed by atoms with E-state index in [9.17, 15) is 14.4 Å². The van der Waals surface area contributed by atoms with Crippen molar-refractivity contribution in [2.75, 3.05) is 24.5 Å². The first-order valence-electron chi connectivity index (χ1n) is 8.40. The summed E-state index contributed by atoms with van der Waals surface area (Å²) in [6.07, 6.45) is 1.49. The molecule has 2 rings (SSSR count). The Balaban J connectivity index is 1.80. The van der Waals surface area contributed by atoms with Crippen molar-refractivity contribution < 1.29 is 14.4 Å². The van der Waals surface area contributed by atoms with Crippen LogP contribution in [0.3, 0.4) is 0 Å². The molecule has 1 aromatic carbocycles. The van der Waals surface area contributed by atoms with Crippen molar-refractivity contribution in [2.45, 2.75) is 32.2 Å². The summed E-state index contributed by atoms with van der Waals surface area (Å²) in [7, 11) is 0. The average molecular weight is 367 g/mol. The second-order valence-electron chi connectivity index (χ2n) is 5.79. The van der Waals surface area contributed by atoms with Gasteiger partial charge in [0.05, 0.1) is 5.69 Å². The maximum Gasteiger partial charge on any atom is 0.329 e. The molecule has 1 heterocycles. The zero-order valence-corrected chi connectivity index (χ0v) is 14.9. The van der Waals surface area contributed by atoms with Gasteiger partial charge in [0, 0.05) is 24.5 Å². The highest BCUT2D eigenvalue weighted by atomic mass is 35.5. The van der Waals surface area contributed by atoms with Crippen molar-refractivity contribution in [3.05, 3.63) is 29.3 Å². The summed E-state index contributed by atoms with van der Waals surface area (Å²) < 4.78 is 0. The third-order valence-electron chi connectivity index (χ3n) is 3.81. The summed E-state index contributed by atoms with van der Waals surface area (Å²) in [6, 6.07) is 5.28. The number of benzene rings is 1. The molecule has 0 aromatic heterocycles. The van der Waals surface area contributed by atoms with Crippen LogP contribution >= 0.6 is 11.6 Å². The molecule has 8 heteroatoms. The van der Waals surface area contributed by atoms with Crippen LogP contribution < -0.4 is 20.9 Å². The molecular formula is C17H23ClN4O3. The average Bonchev–Trinajstić information content (AvgIpc) is 2.88. The van der Waals surface area contributed by atoms with E-state index in [1.807, 2.05) is 0 Å². The normalized spacial score (nSPS) is 16.9. The molecule has 4 amide bonds. The standard InChI is InChI=1S/C17H23ClN4O3/c1-2-9-19-10-11-20-15(23)8-7-14-16(24)22(17(25)21-14)13-5-3-12(18)4-6-13/h3-6,14,19H,2,7-11H2,1H3,(H,20,23)(H,21,25). The molecule has 3 N–H and O–H groups in total. The smallest absolute Gasteiger partial charge is 0.329 e. The highest BCUT2D eigenvalue weighted by molar-refractivity contribution is 6.30. The number of rotatable bonds is 9. The number of hydrogen-bond acceptors (Lipinski definition) is 4. The Morgan fingerprint density at radius 3 is 2.60 bits per heavy atom. The number of hydrogen-bond donors (Lipinski definition) is 3. The van der Waals surface area contributed by atoms with E-state index >= 15 is 0 Å². The molecule has 0 spiro atoms. The molecule has 1 saturated heterocycles. The van der Waals surface area contributed by atoms with E-state index in [-0.39, 0.29) is 24.7 Å². The number of halogens is 1. The zero-order valence-electron chi connectivity index (χ0n) is 14.2. The first kappa shape index (κ1) is 19.2. The van der Waals surface area contributed by atoms with E-state index in [0.29, 0.717) is 23.8 Å². The Kier molecular flexibility index (Phi) is 7.21. The molecule has 1 unspecified atom stereocenters. The molecule has 1 aliphatic rings. The van der Waals surface area contributed by atoms with Gasteiger partial charge in [0.1, 0.15) is 6.04 Å². The van der Waals surface area contributed by atoms with E-state index in [1.54, 1.807) is 24.3 Å². The fourth-order valence-corrected chi connectivity index (χ4v) is 2.64. The molecule has 1 atom stereocenters. The van der Waals surface area contributed by atoms with Crippen LogP contribution in [-0.2, 0) is 9.59 Å². The summed E-state index contributed by atoms with van der Waals surface area (Å²) in [4.78, 5) is 37.4. The quantitative estimate of drug-likeness (QED) is 0.458. The molecule has 7 nitrogen and oxygen atoms in total. The molecule has 0 saturated carbocycles. The number of carbonyl (C=O) groups is 3. The lowest BCUT2D eigenvalue weighted by Crippen LogP contribution is -2.35. The molecule has 1 aliphatic heterocycles. The highest BCUT2D eigenvalue weighted by Crippen LogP contribution is 2.22. The van der Waals surface area contributed by atoms with Gasteiger partial charge in [0.15, 0.2) is 0 Å². The molecular weight excluding hydrogens is 344 g/mol. The number of nitrogens with zero attached hydrogens (tertiary/aromatic N) is 1. The number of imide groups is 1. The van der Waals surface area contributed by atoms with Crippen LogP contribution in [0.1, 0.15) is 26.2 Å². The summed E-state index contributed by atoms with van der Waals surface area (Å²) >= 11 is 5.82. The van der Waals surface area contributed by atoms with Gasteiger partial charge in [-0.1, -0.05) is 18.5 Å². The number of carbonyl (C=O) groups excluding carboxylic acids is 3. The van der Waals surface area contributed by atoms with Crippen molar-refractivity contribution in [3.63, 3.8) is 0 Å². The minimum atomic E-state index is -0.688. The van der Waals surface area contributed by atoms with Crippen LogP contribution in [0.2, 0.25) is 5.02 Å². The van der Waals surface area contributed by atoms with E-state index in [2.05, 4.69) is 22.9 Å². The Morgan fingerprint density at radius 2 is 1.92 bits per heavy atom. The predicted octanol–water partition coefficient (Wildman–Crippen LogP) is 1.66. The molecule has 25 heavy (non-hydrogen) atoms. The lowest BCUT2D eigenvalue weighted by atomic mass is 10.1. The Labute approximate surface area is 152 Å². The summed E-state index contributed by atoms with van der Waals surface area (Å²) in [6.45, 7) is 4.24. The van der Waals surface area contributed by atoms with E-state index in [4.69, 9.17) is 11.6 Å². The second kappa shape index (κ2) is 9.39. The van der Waals surface area contributed by atoms with Gasteiger partial charge in [-0.2, -0.15) is 0 Å². The molecule has 0 aliphatic carbocycles. The van der Waals surface area contributed by atoms with Gasteiger partial charge in [-0.25, -0.2) is 9.69 Å². The van der Waals surface area contributed by atoms with Crippen LogP contribution in [0.25, 0.3) is 0 Å². The first-order chi connectivity index (χ1) is 12.0. The fourth-order valence-electron chi connectivity index (χ4n) is 2.52. The van der Waals surface area contributed by atoms with Crippen LogP contribution in [0, 0.1) is 0 Å². The van der Waals surface area contributed by atoms with Crippen molar-refractivity contribution in [1.82, 2.24) is 16.0 Å². The van der Waals surface area contributed by atoms with E-state index in [0.717, 1.165) is 17.9 Å². The van der Waals surface area contributed by atoms with Crippen molar-refractivity contribution in [2.24, 2.45) is 0 Å². The summed E-state index contributed by atoms with van der Waals surface area (Å²) in [5.74, 6) is -0.491. The Hall–Kier alpha value is -2.12. The van der Waals surface area contributed by atoms with Crippen molar-refractivity contribution >= 4 is 35.1 Å². The van der Waals surface area contributed by atoms with Crippen LogP contribution in [0.15, 0.2) is 24.3 Å². The third kappa shape index (κ3) is 5.44. The van der Waals surface area contributed by atoms with Gasteiger partial charge in [0.25, 0.3) is 5.91 Å². The third-order valence-corrected chi connectivity index (χ3v) is 4.07. The first-order valence-corrected chi connectivity index (χ1v) is 8.78. The minimum Gasteiger partial charge on any atom is -0.355 e. The molecule has 1 fully saturated rings. The molecule has 1 aromatic rings. The van der Waals surface area contributed by atoms with Crippen LogP contribution in [-0.4, -0.2) is 43.5 Å². The SMILES string of the molecule is CCCNCCNC(=O)CCC1NC(=O)N(c2ccc(Cl)cc2)C1=O. The van der Waals surface area contributed by atoms with Gasteiger partial charge < -0.3 is 16.0 Å². The number of nitrogens with one attached hydrogen (secondary N) is 3. The van der Waals surface area contributed by atoms with Gasteiger partial charge in [-0.3, -0.25) is 9.59 Å². The molecule has 136 valence electrons. The van der Waals surface area contributed by atoms with E-state index in [1.165, 1.54) is 0 Å². The number of anilines is 1. The topological polar surface area (TPSA) is 90.5 Å². The zero-order chi connectivity index (χ0) is 18.2. The Morgan fingerprint density at radius 1 is 1.20 bits per heavy atom. The molecule has 0 radical (unpaired) electrons.